The lowest BCUT2D eigenvalue weighted by Crippen LogP contribution is -2.37. The number of benzene rings is 3. The van der Waals surface area contributed by atoms with Crippen molar-refractivity contribution in [2.24, 2.45) is 0 Å². The van der Waals surface area contributed by atoms with Gasteiger partial charge in [-0.3, -0.25) is 0 Å². The second-order valence-electron chi connectivity index (χ2n) is 8.56. The molecule has 0 spiro atoms. The van der Waals surface area contributed by atoms with E-state index in [1.54, 1.807) is 25.3 Å². The first-order valence-corrected chi connectivity index (χ1v) is 12.5. The van der Waals surface area contributed by atoms with Gasteiger partial charge < -0.3 is 14.5 Å². The van der Waals surface area contributed by atoms with Crippen LogP contribution < -0.4 is 19.3 Å². The monoisotopic (exact) mass is 465 g/mol. The van der Waals surface area contributed by atoms with Crippen LogP contribution in [0.1, 0.15) is 22.7 Å². The van der Waals surface area contributed by atoms with E-state index < -0.39 is 10.0 Å². The fraction of sp³-hybridized carbons (Fsp3) is 0.308. The lowest BCUT2D eigenvalue weighted by atomic mass is 10.0. The van der Waals surface area contributed by atoms with Gasteiger partial charge in [-0.15, -0.1) is 0 Å². The van der Waals surface area contributed by atoms with E-state index in [1.165, 1.54) is 11.3 Å². The average molecular weight is 466 g/mol. The largest absolute Gasteiger partial charge is 0.496 e. The van der Waals surface area contributed by atoms with Crippen LogP contribution in [0.2, 0.25) is 0 Å². The summed E-state index contributed by atoms with van der Waals surface area (Å²) in [6, 6.07) is 21.5. The molecule has 174 valence electrons. The third kappa shape index (κ3) is 4.84. The zero-order valence-electron chi connectivity index (χ0n) is 19.6. The molecule has 0 fully saturated rings. The molecule has 0 saturated heterocycles. The van der Waals surface area contributed by atoms with Crippen LogP contribution in [-0.2, 0) is 16.4 Å². The van der Waals surface area contributed by atoms with Crippen LogP contribution in [-0.4, -0.2) is 42.7 Å². The van der Waals surface area contributed by atoms with Crippen LogP contribution in [0.5, 0.6) is 5.75 Å². The van der Waals surface area contributed by atoms with E-state index in [9.17, 15) is 8.42 Å². The Kier molecular flexibility index (Phi) is 6.63. The summed E-state index contributed by atoms with van der Waals surface area (Å²) in [5.41, 5.74) is 5.42. The van der Waals surface area contributed by atoms with Gasteiger partial charge in [0.05, 0.1) is 18.0 Å². The molecule has 1 aliphatic rings. The van der Waals surface area contributed by atoms with E-state index in [2.05, 4.69) is 57.0 Å². The Morgan fingerprint density at radius 3 is 2.45 bits per heavy atom. The number of ether oxygens (including phenoxy) is 1. The molecule has 0 radical (unpaired) electrons. The number of nitrogens with one attached hydrogen (secondary N) is 1. The quantitative estimate of drug-likeness (QED) is 0.542. The zero-order valence-corrected chi connectivity index (χ0v) is 20.4. The Bertz CT molecular complexity index is 1220. The minimum Gasteiger partial charge on any atom is -0.496 e. The van der Waals surface area contributed by atoms with Crippen molar-refractivity contribution in [1.82, 2.24) is 4.72 Å². The molecule has 3 aromatic carbocycles. The number of fused-ring (bicyclic) bond motifs is 1. The van der Waals surface area contributed by atoms with Crippen molar-refractivity contribution in [2.45, 2.75) is 24.3 Å². The molecular formula is C26H31N3O3S. The highest BCUT2D eigenvalue weighted by atomic mass is 32.2. The molecule has 1 atom stereocenters. The van der Waals surface area contributed by atoms with Crippen molar-refractivity contribution < 1.29 is 13.2 Å². The topological polar surface area (TPSA) is 61.9 Å². The van der Waals surface area contributed by atoms with E-state index >= 15 is 0 Å². The highest BCUT2D eigenvalue weighted by Crippen LogP contribution is 2.35. The maximum absolute atomic E-state index is 13.1. The first-order chi connectivity index (χ1) is 15.8. The van der Waals surface area contributed by atoms with Gasteiger partial charge in [-0.25, -0.2) is 13.1 Å². The van der Waals surface area contributed by atoms with Gasteiger partial charge in [0.2, 0.25) is 10.0 Å². The Hall–Kier alpha value is -3.03. The number of methoxy groups -OCH3 is 1. The van der Waals surface area contributed by atoms with Crippen LogP contribution in [0.15, 0.2) is 71.6 Å². The summed E-state index contributed by atoms with van der Waals surface area (Å²) in [6.45, 7) is 2.96. The fourth-order valence-electron chi connectivity index (χ4n) is 4.38. The summed E-state index contributed by atoms with van der Waals surface area (Å²) >= 11 is 0. The maximum atomic E-state index is 13.1. The first-order valence-electron chi connectivity index (χ1n) is 11.1. The van der Waals surface area contributed by atoms with Crippen molar-refractivity contribution in [3.63, 3.8) is 0 Å². The van der Waals surface area contributed by atoms with Gasteiger partial charge in [0.15, 0.2) is 0 Å². The fourth-order valence-corrected chi connectivity index (χ4v) is 5.50. The van der Waals surface area contributed by atoms with Crippen molar-refractivity contribution in [3.8, 4) is 5.75 Å². The van der Waals surface area contributed by atoms with E-state index in [-0.39, 0.29) is 17.5 Å². The van der Waals surface area contributed by atoms with Gasteiger partial charge in [-0.1, -0.05) is 30.3 Å². The summed E-state index contributed by atoms with van der Waals surface area (Å²) in [5, 5.41) is 0. The number of hydrogen-bond donors (Lipinski definition) is 1. The van der Waals surface area contributed by atoms with Gasteiger partial charge in [0, 0.05) is 38.6 Å². The predicted octanol–water partition coefficient (Wildman–Crippen LogP) is 4.15. The molecular weight excluding hydrogens is 434 g/mol. The molecule has 33 heavy (non-hydrogen) atoms. The minimum absolute atomic E-state index is 0.126. The third-order valence-corrected chi connectivity index (χ3v) is 7.66. The van der Waals surface area contributed by atoms with E-state index in [0.717, 1.165) is 29.8 Å². The molecule has 1 unspecified atom stereocenters. The van der Waals surface area contributed by atoms with Crippen LogP contribution >= 0.6 is 0 Å². The summed E-state index contributed by atoms with van der Waals surface area (Å²) in [7, 11) is 1.91. The predicted molar refractivity (Wildman–Crippen MR) is 134 cm³/mol. The van der Waals surface area contributed by atoms with Gasteiger partial charge in [-0.2, -0.15) is 0 Å². The molecule has 4 rings (SSSR count). The summed E-state index contributed by atoms with van der Waals surface area (Å²) in [6.07, 6.45) is 0.951. The standard InChI is InChI=1S/C26H31N3O3S/c1-19-17-23(13-14-26(19)32-4)33(30,31)27-18-25(21-9-11-22(12-10-21)28(2)3)29-16-15-20-7-5-6-8-24(20)29/h5-14,17,25,27H,15-16,18H2,1-4H3. The maximum Gasteiger partial charge on any atom is 0.240 e. The van der Waals surface area contributed by atoms with Crippen LogP contribution in [0.25, 0.3) is 0 Å². The number of nitrogens with zero attached hydrogens (tertiary/aromatic N) is 2. The van der Waals surface area contributed by atoms with Gasteiger partial charge >= 0.3 is 0 Å². The second-order valence-corrected chi connectivity index (χ2v) is 10.3. The molecule has 1 heterocycles. The molecule has 1 aliphatic heterocycles. The molecule has 0 aliphatic carbocycles. The summed E-state index contributed by atoms with van der Waals surface area (Å²) in [5.74, 6) is 0.668. The normalized spacial score (nSPS) is 14.1. The number of anilines is 2. The summed E-state index contributed by atoms with van der Waals surface area (Å²) < 4.78 is 34.4. The van der Waals surface area contributed by atoms with Crippen LogP contribution in [0.3, 0.4) is 0 Å². The van der Waals surface area contributed by atoms with Crippen molar-refractivity contribution >= 4 is 21.4 Å². The van der Waals surface area contributed by atoms with Gasteiger partial charge in [0.1, 0.15) is 5.75 Å². The Balaban J connectivity index is 1.63. The van der Waals surface area contributed by atoms with Gasteiger partial charge in [-0.05, 0) is 66.4 Å². The Morgan fingerprint density at radius 1 is 1.06 bits per heavy atom. The number of aryl methyl sites for hydroxylation is 1. The summed E-state index contributed by atoms with van der Waals surface area (Å²) in [4.78, 5) is 4.60. The van der Waals surface area contributed by atoms with Crippen molar-refractivity contribution in [3.05, 3.63) is 83.4 Å². The molecule has 0 amide bonds. The number of rotatable bonds is 8. The molecule has 0 bridgehead atoms. The van der Waals surface area contributed by atoms with Crippen molar-refractivity contribution in [2.75, 3.05) is 44.1 Å². The van der Waals surface area contributed by atoms with Crippen molar-refractivity contribution in [1.29, 1.82) is 0 Å². The Labute approximate surface area is 196 Å². The first kappa shape index (κ1) is 23.1. The Morgan fingerprint density at radius 2 is 1.79 bits per heavy atom. The molecule has 0 saturated carbocycles. The minimum atomic E-state index is -3.68. The van der Waals surface area contributed by atoms with E-state index in [1.807, 2.05) is 27.1 Å². The molecule has 3 aromatic rings. The number of hydrogen-bond acceptors (Lipinski definition) is 5. The van der Waals surface area contributed by atoms with E-state index in [0.29, 0.717) is 5.75 Å². The SMILES string of the molecule is COc1ccc(S(=O)(=O)NCC(c2ccc(N(C)C)cc2)N2CCc3ccccc32)cc1C. The smallest absolute Gasteiger partial charge is 0.240 e. The average Bonchev–Trinajstić information content (AvgIpc) is 3.23. The molecule has 7 heteroatoms. The second kappa shape index (κ2) is 9.45. The third-order valence-electron chi connectivity index (χ3n) is 6.24. The lowest BCUT2D eigenvalue weighted by Gasteiger charge is -2.31. The highest BCUT2D eigenvalue weighted by molar-refractivity contribution is 7.89. The van der Waals surface area contributed by atoms with Gasteiger partial charge in [0.25, 0.3) is 0 Å². The zero-order chi connectivity index (χ0) is 23.6. The van der Waals surface area contributed by atoms with E-state index in [4.69, 9.17) is 4.74 Å². The lowest BCUT2D eigenvalue weighted by molar-refractivity contribution is 0.411. The van der Waals surface area contributed by atoms with Crippen LogP contribution in [0.4, 0.5) is 11.4 Å². The number of sulfonamides is 1. The highest BCUT2D eigenvalue weighted by Gasteiger charge is 2.28. The molecule has 0 aromatic heterocycles. The van der Waals surface area contributed by atoms with Crippen LogP contribution in [0, 0.1) is 6.92 Å². The molecule has 1 N–H and O–H groups in total. The molecule has 6 nitrogen and oxygen atoms in total. The number of para-hydroxylation sites is 1.